The van der Waals surface area contributed by atoms with Gasteiger partial charge in [-0.1, -0.05) is 41.9 Å². The molecular formula is C21H23ClN6O2. The van der Waals surface area contributed by atoms with Crippen LogP contribution in [-0.2, 0) is 11.3 Å². The molecule has 2 heterocycles. The standard InChI is InChI=1S/C21H23ClN6O2/c22-15-10-17(24)16(12-23)18(11-15)26-8-6-21(7-9-26)19(29)27(20(30)28(21)25)13-14-4-2-1-3-5-14/h1-5,10-12,23H,6-9,13,24-25H2. The van der Waals surface area contributed by atoms with Crippen molar-refractivity contribution in [2.45, 2.75) is 24.9 Å². The molecule has 2 aromatic rings. The van der Waals surface area contributed by atoms with Crippen LogP contribution < -0.4 is 16.5 Å². The smallest absolute Gasteiger partial charge is 0.342 e. The lowest BCUT2D eigenvalue weighted by Crippen LogP contribution is -2.59. The lowest BCUT2D eigenvalue weighted by molar-refractivity contribution is -0.134. The molecule has 5 N–H and O–H groups in total. The van der Waals surface area contributed by atoms with Crippen LogP contribution in [0.1, 0.15) is 24.0 Å². The second kappa shape index (κ2) is 7.62. The van der Waals surface area contributed by atoms with Crippen LogP contribution in [0.4, 0.5) is 16.2 Å². The highest BCUT2D eigenvalue weighted by atomic mass is 35.5. The number of imide groups is 1. The second-order valence-corrected chi connectivity index (χ2v) is 8.06. The van der Waals surface area contributed by atoms with E-state index in [9.17, 15) is 9.59 Å². The van der Waals surface area contributed by atoms with Gasteiger partial charge in [0, 0.05) is 41.3 Å². The van der Waals surface area contributed by atoms with Gasteiger partial charge in [-0.05, 0) is 30.5 Å². The molecular weight excluding hydrogens is 404 g/mol. The Morgan fingerprint density at radius 1 is 1.13 bits per heavy atom. The number of amides is 3. The maximum Gasteiger partial charge on any atom is 0.342 e. The van der Waals surface area contributed by atoms with Gasteiger partial charge in [-0.2, -0.15) is 0 Å². The molecule has 0 atom stereocenters. The van der Waals surface area contributed by atoms with Crippen LogP contribution in [-0.4, -0.2) is 46.7 Å². The molecule has 0 aliphatic carbocycles. The molecule has 9 heteroatoms. The number of urea groups is 1. The predicted molar refractivity (Wildman–Crippen MR) is 116 cm³/mol. The molecule has 2 aliphatic rings. The van der Waals surface area contributed by atoms with Gasteiger partial charge in [0.15, 0.2) is 0 Å². The lowest BCUT2D eigenvalue weighted by atomic mass is 9.86. The molecule has 2 fully saturated rings. The normalized spacial score (nSPS) is 18.4. The zero-order valence-corrected chi connectivity index (χ0v) is 17.1. The van der Waals surface area contributed by atoms with E-state index < -0.39 is 11.6 Å². The number of halogens is 1. The molecule has 8 nitrogen and oxygen atoms in total. The second-order valence-electron chi connectivity index (χ2n) is 7.62. The summed E-state index contributed by atoms with van der Waals surface area (Å²) in [5.74, 6) is 5.87. The summed E-state index contributed by atoms with van der Waals surface area (Å²) >= 11 is 6.17. The van der Waals surface area contributed by atoms with Gasteiger partial charge < -0.3 is 16.0 Å². The largest absolute Gasteiger partial charge is 0.398 e. The number of piperidine rings is 1. The molecule has 4 rings (SSSR count). The maximum atomic E-state index is 13.3. The first-order chi connectivity index (χ1) is 14.4. The van der Waals surface area contributed by atoms with E-state index in [2.05, 4.69) is 0 Å². The summed E-state index contributed by atoms with van der Waals surface area (Å²) in [4.78, 5) is 29.3. The molecule has 3 amide bonds. The van der Waals surface area contributed by atoms with Crippen molar-refractivity contribution in [2.75, 3.05) is 23.7 Å². The molecule has 0 bridgehead atoms. The number of carbonyl (C=O) groups excluding carboxylic acids is 2. The predicted octanol–water partition coefficient (Wildman–Crippen LogP) is 2.60. The van der Waals surface area contributed by atoms with Crippen molar-refractivity contribution in [3.63, 3.8) is 0 Å². The molecule has 0 unspecified atom stereocenters. The summed E-state index contributed by atoms with van der Waals surface area (Å²) in [6, 6.07) is 12.3. The highest BCUT2D eigenvalue weighted by molar-refractivity contribution is 6.31. The first-order valence-corrected chi connectivity index (χ1v) is 10.0. The minimum atomic E-state index is -1.06. The third kappa shape index (κ3) is 3.18. The number of nitrogens with one attached hydrogen (secondary N) is 1. The zero-order chi connectivity index (χ0) is 21.5. The average Bonchev–Trinajstić information content (AvgIpc) is 2.91. The number of hydrazine groups is 1. The van der Waals surface area contributed by atoms with Crippen LogP contribution in [0.5, 0.6) is 0 Å². The molecule has 2 saturated heterocycles. The topological polar surface area (TPSA) is 120 Å². The van der Waals surface area contributed by atoms with Crippen molar-refractivity contribution >= 4 is 41.1 Å². The summed E-state index contributed by atoms with van der Waals surface area (Å²) < 4.78 is 0. The molecule has 1 spiro atoms. The fourth-order valence-corrected chi connectivity index (χ4v) is 4.50. The highest BCUT2D eigenvalue weighted by Crippen LogP contribution is 2.38. The van der Waals surface area contributed by atoms with Crippen molar-refractivity contribution in [3.8, 4) is 0 Å². The quantitative estimate of drug-likeness (QED) is 0.228. The number of hydrogen-bond acceptors (Lipinski definition) is 6. The summed E-state index contributed by atoms with van der Waals surface area (Å²) in [6.45, 7) is 1.15. The lowest BCUT2D eigenvalue weighted by Gasteiger charge is -2.41. The number of benzene rings is 2. The van der Waals surface area contributed by atoms with E-state index in [1.807, 2.05) is 35.2 Å². The van der Waals surface area contributed by atoms with Gasteiger partial charge in [0.2, 0.25) is 0 Å². The Morgan fingerprint density at radius 3 is 2.43 bits per heavy atom. The summed E-state index contributed by atoms with van der Waals surface area (Å²) in [7, 11) is 0. The van der Waals surface area contributed by atoms with Crippen molar-refractivity contribution in [1.29, 1.82) is 5.41 Å². The van der Waals surface area contributed by atoms with E-state index >= 15 is 0 Å². The maximum absolute atomic E-state index is 13.3. The van der Waals surface area contributed by atoms with E-state index in [-0.39, 0.29) is 12.5 Å². The molecule has 2 aromatic carbocycles. The average molecular weight is 427 g/mol. The first-order valence-electron chi connectivity index (χ1n) is 9.66. The monoisotopic (exact) mass is 426 g/mol. The number of anilines is 2. The van der Waals surface area contributed by atoms with E-state index in [1.54, 1.807) is 12.1 Å². The number of nitrogen functional groups attached to an aromatic ring is 1. The Hall–Kier alpha value is -3.10. The molecule has 156 valence electrons. The zero-order valence-electron chi connectivity index (χ0n) is 16.3. The molecule has 2 aliphatic heterocycles. The highest BCUT2D eigenvalue weighted by Gasteiger charge is 2.57. The summed E-state index contributed by atoms with van der Waals surface area (Å²) in [6.07, 6.45) is 1.96. The van der Waals surface area contributed by atoms with E-state index in [1.165, 1.54) is 11.1 Å². The minimum Gasteiger partial charge on any atom is -0.398 e. The van der Waals surface area contributed by atoms with Gasteiger partial charge in [-0.3, -0.25) is 9.69 Å². The summed E-state index contributed by atoms with van der Waals surface area (Å²) in [5, 5.41) is 9.27. The minimum absolute atomic E-state index is 0.195. The third-order valence-corrected chi connectivity index (χ3v) is 6.17. The summed E-state index contributed by atoms with van der Waals surface area (Å²) in [5.41, 5.74) is 7.57. The van der Waals surface area contributed by atoms with Gasteiger partial charge in [-0.15, -0.1) is 0 Å². The SMILES string of the molecule is N=Cc1c(N)cc(Cl)cc1N1CCC2(CC1)C(=O)N(Cc1ccccc1)C(=O)N2N. The molecule has 30 heavy (non-hydrogen) atoms. The Bertz CT molecular complexity index is 1000. The fraction of sp³-hybridized carbons (Fsp3) is 0.286. The van der Waals surface area contributed by atoms with Crippen LogP contribution in [0.2, 0.25) is 5.02 Å². The number of nitrogens with two attached hydrogens (primary N) is 2. The first kappa shape index (κ1) is 20.2. The van der Waals surface area contributed by atoms with E-state index in [4.69, 9.17) is 28.6 Å². The van der Waals surface area contributed by atoms with Crippen LogP contribution in [0.3, 0.4) is 0 Å². The van der Waals surface area contributed by atoms with Gasteiger partial charge >= 0.3 is 6.03 Å². The van der Waals surface area contributed by atoms with Gasteiger partial charge in [0.1, 0.15) is 5.54 Å². The Balaban J connectivity index is 1.56. The molecule has 0 aromatic heterocycles. The van der Waals surface area contributed by atoms with E-state index in [0.29, 0.717) is 42.2 Å². The third-order valence-electron chi connectivity index (χ3n) is 5.96. The van der Waals surface area contributed by atoms with Gasteiger partial charge in [0.05, 0.1) is 6.54 Å². The Labute approximate surface area is 179 Å². The fourth-order valence-electron chi connectivity index (χ4n) is 4.28. The number of hydrogen-bond donors (Lipinski definition) is 3. The van der Waals surface area contributed by atoms with Gasteiger partial charge in [-0.25, -0.2) is 15.6 Å². The molecule has 0 radical (unpaired) electrons. The van der Waals surface area contributed by atoms with Crippen molar-refractivity contribution in [2.24, 2.45) is 5.84 Å². The number of nitrogens with zero attached hydrogens (tertiary/aromatic N) is 3. The van der Waals surface area contributed by atoms with Crippen molar-refractivity contribution in [3.05, 3.63) is 58.6 Å². The number of carbonyl (C=O) groups is 2. The van der Waals surface area contributed by atoms with Crippen LogP contribution in [0, 0.1) is 5.41 Å². The van der Waals surface area contributed by atoms with E-state index in [0.717, 1.165) is 16.3 Å². The molecule has 0 saturated carbocycles. The Kier molecular flexibility index (Phi) is 5.13. The van der Waals surface area contributed by atoms with Crippen molar-refractivity contribution < 1.29 is 9.59 Å². The van der Waals surface area contributed by atoms with Crippen LogP contribution >= 0.6 is 11.6 Å². The van der Waals surface area contributed by atoms with Crippen molar-refractivity contribution in [1.82, 2.24) is 9.91 Å². The van der Waals surface area contributed by atoms with Gasteiger partial charge in [0.25, 0.3) is 5.91 Å². The number of rotatable bonds is 4. The van der Waals surface area contributed by atoms with Crippen LogP contribution in [0.15, 0.2) is 42.5 Å². The Morgan fingerprint density at radius 2 is 1.80 bits per heavy atom. The van der Waals surface area contributed by atoms with Crippen LogP contribution in [0.25, 0.3) is 0 Å².